The molecule has 0 aromatic heterocycles. The second kappa shape index (κ2) is 7.85. The van der Waals surface area contributed by atoms with E-state index in [-0.39, 0.29) is 6.09 Å². The molecule has 2 heterocycles. The van der Waals surface area contributed by atoms with Crippen LogP contribution < -0.4 is 5.32 Å². The lowest BCUT2D eigenvalue weighted by atomic mass is 9.95. The Labute approximate surface area is 154 Å². The van der Waals surface area contributed by atoms with E-state index < -0.39 is 5.60 Å². The van der Waals surface area contributed by atoms with Crippen molar-refractivity contribution in [1.82, 2.24) is 10.2 Å². The summed E-state index contributed by atoms with van der Waals surface area (Å²) >= 11 is 0. The number of nitrogens with one attached hydrogen (secondary N) is 1. The SMILES string of the molecule is CCC1CCCC(NC2CC3CCC(C2)N3C(=O)OC(C)(C)C)CC1. The Balaban J connectivity index is 1.52. The molecule has 2 bridgehead atoms. The Morgan fingerprint density at radius 2 is 1.68 bits per heavy atom. The third-order valence-corrected chi connectivity index (χ3v) is 6.47. The van der Waals surface area contributed by atoms with Gasteiger partial charge in [-0.25, -0.2) is 4.79 Å². The molecule has 0 aromatic rings. The van der Waals surface area contributed by atoms with Gasteiger partial charge in [0, 0.05) is 24.2 Å². The van der Waals surface area contributed by atoms with Crippen LogP contribution in [-0.4, -0.2) is 40.8 Å². The van der Waals surface area contributed by atoms with E-state index in [1.807, 2.05) is 20.8 Å². The second-order valence-electron chi connectivity index (χ2n) is 9.59. The Morgan fingerprint density at radius 1 is 1.00 bits per heavy atom. The molecule has 2 saturated heterocycles. The van der Waals surface area contributed by atoms with Crippen molar-refractivity contribution >= 4 is 6.09 Å². The summed E-state index contributed by atoms with van der Waals surface area (Å²) in [6, 6.07) is 2.02. The fourth-order valence-electron chi connectivity index (χ4n) is 5.21. The van der Waals surface area contributed by atoms with E-state index in [4.69, 9.17) is 4.74 Å². The van der Waals surface area contributed by atoms with Gasteiger partial charge in [0.25, 0.3) is 0 Å². The molecule has 0 aromatic carbocycles. The summed E-state index contributed by atoms with van der Waals surface area (Å²) in [7, 11) is 0. The molecular weight excluding hydrogens is 312 g/mol. The second-order valence-corrected chi connectivity index (χ2v) is 9.59. The number of ether oxygens (including phenoxy) is 1. The van der Waals surface area contributed by atoms with Crippen LogP contribution >= 0.6 is 0 Å². The Hall–Kier alpha value is -0.770. The van der Waals surface area contributed by atoms with Crippen LogP contribution in [-0.2, 0) is 4.74 Å². The Morgan fingerprint density at radius 3 is 2.28 bits per heavy atom. The van der Waals surface area contributed by atoms with Gasteiger partial charge in [0.1, 0.15) is 5.60 Å². The molecule has 1 N–H and O–H groups in total. The monoisotopic (exact) mass is 350 g/mol. The van der Waals surface area contributed by atoms with Crippen molar-refractivity contribution in [2.75, 3.05) is 0 Å². The first-order valence-corrected chi connectivity index (χ1v) is 10.6. The van der Waals surface area contributed by atoms with E-state index >= 15 is 0 Å². The molecule has 25 heavy (non-hydrogen) atoms. The summed E-state index contributed by atoms with van der Waals surface area (Å²) in [6.45, 7) is 8.20. The molecular formula is C21H38N2O2. The molecule has 144 valence electrons. The number of fused-ring (bicyclic) bond motifs is 2. The molecule has 3 rings (SSSR count). The highest BCUT2D eigenvalue weighted by Crippen LogP contribution is 2.37. The molecule has 4 atom stereocenters. The largest absolute Gasteiger partial charge is 0.444 e. The van der Waals surface area contributed by atoms with E-state index in [1.165, 1.54) is 38.5 Å². The van der Waals surface area contributed by atoms with Crippen molar-refractivity contribution in [2.45, 2.75) is 122 Å². The number of hydrogen-bond donors (Lipinski definition) is 1. The number of rotatable bonds is 3. The van der Waals surface area contributed by atoms with Gasteiger partial charge in [-0.3, -0.25) is 0 Å². The summed E-state index contributed by atoms with van der Waals surface area (Å²) < 4.78 is 5.65. The minimum Gasteiger partial charge on any atom is -0.444 e. The van der Waals surface area contributed by atoms with Crippen LogP contribution in [0.2, 0.25) is 0 Å². The van der Waals surface area contributed by atoms with Crippen molar-refractivity contribution in [2.24, 2.45) is 5.92 Å². The zero-order chi connectivity index (χ0) is 18.0. The van der Waals surface area contributed by atoms with Crippen LogP contribution in [0.3, 0.4) is 0 Å². The zero-order valence-corrected chi connectivity index (χ0v) is 16.7. The Bertz CT molecular complexity index is 445. The topological polar surface area (TPSA) is 41.6 Å². The molecule has 2 aliphatic heterocycles. The first kappa shape index (κ1) is 19.0. The molecule has 0 radical (unpaired) electrons. The van der Waals surface area contributed by atoms with E-state index in [9.17, 15) is 4.79 Å². The fraction of sp³-hybridized carbons (Fsp3) is 0.952. The highest BCUT2D eigenvalue weighted by atomic mass is 16.6. The van der Waals surface area contributed by atoms with E-state index in [2.05, 4.69) is 17.1 Å². The lowest BCUT2D eigenvalue weighted by molar-refractivity contribution is 0.00420. The van der Waals surface area contributed by atoms with Crippen molar-refractivity contribution in [3.8, 4) is 0 Å². The quantitative estimate of drug-likeness (QED) is 0.739. The molecule has 3 fully saturated rings. The molecule has 1 amide bonds. The minimum absolute atomic E-state index is 0.0984. The van der Waals surface area contributed by atoms with Crippen molar-refractivity contribution < 1.29 is 9.53 Å². The van der Waals surface area contributed by atoms with Gasteiger partial charge in [-0.1, -0.05) is 26.2 Å². The summed E-state index contributed by atoms with van der Waals surface area (Å²) in [5.41, 5.74) is -0.401. The number of carbonyl (C=O) groups excluding carboxylic acids is 1. The molecule has 1 saturated carbocycles. The third-order valence-electron chi connectivity index (χ3n) is 6.47. The molecule has 0 spiro atoms. The van der Waals surface area contributed by atoms with Gasteiger partial charge in [-0.15, -0.1) is 0 Å². The summed E-state index contributed by atoms with van der Waals surface area (Å²) in [5.74, 6) is 0.942. The van der Waals surface area contributed by atoms with Crippen LogP contribution in [0.4, 0.5) is 4.79 Å². The van der Waals surface area contributed by atoms with Crippen LogP contribution in [0.25, 0.3) is 0 Å². The number of carbonyl (C=O) groups is 1. The number of piperidine rings is 1. The molecule has 4 nitrogen and oxygen atoms in total. The lowest BCUT2D eigenvalue weighted by Gasteiger charge is -2.40. The van der Waals surface area contributed by atoms with E-state index in [1.54, 1.807) is 0 Å². The lowest BCUT2D eigenvalue weighted by Crippen LogP contribution is -2.54. The average molecular weight is 351 g/mol. The zero-order valence-electron chi connectivity index (χ0n) is 16.7. The van der Waals surface area contributed by atoms with Gasteiger partial charge in [-0.05, 0) is 71.6 Å². The normalized spacial score (nSPS) is 36.2. The van der Waals surface area contributed by atoms with E-state index in [0.717, 1.165) is 31.6 Å². The smallest absolute Gasteiger partial charge is 0.410 e. The van der Waals surface area contributed by atoms with Crippen LogP contribution in [0, 0.1) is 5.92 Å². The van der Waals surface area contributed by atoms with Crippen molar-refractivity contribution in [1.29, 1.82) is 0 Å². The van der Waals surface area contributed by atoms with Gasteiger partial charge >= 0.3 is 6.09 Å². The summed E-state index contributed by atoms with van der Waals surface area (Å²) in [4.78, 5) is 14.6. The summed E-state index contributed by atoms with van der Waals surface area (Å²) in [6.07, 6.45) is 12.6. The number of nitrogens with zero attached hydrogens (tertiary/aromatic N) is 1. The molecule has 1 aliphatic carbocycles. The van der Waals surface area contributed by atoms with Gasteiger partial charge in [0.2, 0.25) is 0 Å². The van der Waals surface area contributed by atoms with Gasteiger partial charge in [0.05, 0.1) is 0 Å². The summed E-state index contributed by atoms with van der Waals surface area (Å²) in [5, 5.41) is 3.97. The predicted molar refractivity (Wildman–Crippen MR) is 102 cm³/mol. The molecule has 4 unspecified atom stereocenters. The van der Waals surface area contributed by atoms with Gasteiger partial charge in [-0.2, -0.15) is 0 Å². The highest BCUT2D eigenvalue weighted by molar-refractivity contribution is 5.69. The van der Waals surface area contributed by atoms with Crippen LogP contribution in [0.5, 0.6) is 0 Å². The molecule has 3 aliphatic rings. The maximum absolute atomic E-state index is 12.6. The van der Waals surface area contributed by atoms with E-state index in [0.29, 0.717) is 24.2 Å². The standard InChI is InChI=1S/C21H38N2O2/c1-5-15-7-6-8-16(10-9-15)22-17-13-18-11-12-19(14-17)23(18)20(24)25-21(2,3)4/h15-19,22H,5-14H2,1-4H3. The minimum atomic E-state index is -0.401. The third kappa shape index (κ3) is 4.90. The van der Waals surface area contributed by atoms with Crippen LogP contribution in [0.1, 0.15) is 91.9 Å². The highest BCUT2D eigenvalue weighted by Gasteiger charge is 2.45. The first-order chi connectivity index (χ1) is 11.9. The first-order valence-electron chi connectivity index (χ1n) is 10.6. The van der Waals surface area contributed by atoms with Crippen LogP contribution in [0.15, 0.2) is 0 Å². The average Bonchev–Trinajstić information content (AvgIpc) is 2.70. The predicted octanol–water partition coefficient (Wildman–Crippen LogP) is 4.87. The molecule has 4 heteroatoms. The van der Waals surface area contributed by atoms with Crippen molar-refractivity contribution in [3.63, 3.8) is 0 Å². The van der Waals surface area contributed by atoms with Gasteiger partial charge in [0.15, 0.2) is 0 Å². The maximum Gasteiger partial charge on any atom is 0.410 e. The fourth-order valence-corrected chi connectivity index (χ4v) is 5.21. The Kier molecular flexibility index (Phi) is 5.97. The van der Waals surface area contributed by atoms with Crippen molar-refractivity contribution in [3.05, 3.63) is 0 Å². The maximum atomic E-state index is 12.6. The number of amides is 1. The number of hydrogen-bond acceptors (Lipinski definition) is 3. The van der Waals surface area contributed by atoms with Gasteiger partial charge < -0.3 is 15.0 Å².